The Labute approximate surface area is 224 Å². The summed E-state index contributed by atoms with van der Waals surface area (Å²) < 4.78 is 7.48. The molecule has 0 saturated carbocycles. The van der Waals surface area contributed by atoms with Crippen LogP contribution in [0.2, 0.25) is 0 Å². The van der Waals surface area contributed by atoms with E-state index >= 15 is 0 Å². The fraction of sp³-hybridized carbons (Fsp3) is 0.423. The van der Waals surface area contributed by atoms with Gasteiger partial charge in [-0.05, 0) is 62.3 Å². The van der Waals surface area contributed by atoms with Crippen molar-refractivity contribution in [2.24, 2.45) is 7.05 Å². The summed E-state index contributed by atoms with van der Waals surface area (Å²) in [6, 6.07) is 9.95. The Bertz CT molecular complexity index is 1310. The number of hydrogen-bond acceptors (Lipinski definition) is 8. The summed E-state index contributed by atoms with van der Waals surface area (Å²) in [6.45, 7) is 3.96. The molecule has 1 aliphatic rings. The van der Waals surface area contributed by atoms with Crippen molar-refractivity contribution in [2.75, 3.05) is 11.1 Å². The van der Waals surface area contributed by atoms with Crippen LogP contribution in [-0.4, -0.2) is 38.4 Å². The first-order valence-corrected chi connectivity index (χ1v) is 14.1. The van der Waals surface area contributed by atoms with Gasteiger partial charge in [0.1, 0.15) is 16.8 Å². The summed E-state index contributed by atoms with van der Waals surface area (Å²) in [6.07, 6.45) is 4.34. The lowest BCUT2D eigenvalue weighted by molar-refractivity contribution is -0.127. The lowest BCUT2D eigenvalue weighted by Gasteiger charge is -2.15. The Balaban J connectivity index is 1.26. The number of aromatic nitrogens is 3. The molecule has 2 N–H and O–H groups in total. The van der Waals surface area contributed by atoms with Crippen LogP contribution in [0, 0.1) is 11.3 Å². The van der Waals surface area contributed by atoms with Gasteiger partial charge in [0, 0.05) is 11.9 Å². The third-order valence-corrected chi connectivity index (χ3v) is 8.46. The molecule has 1 aliphatic carbocycles. The second-order valence-corrected chi connectivity index (χ2v) is 10.8. The van der Waals surface area contributed by atoms with E-state index in [4.69, 9.17) is 4.74 Å². The second kappa shape index (κ2) is 12.3. The highest BCUT2D eigenvalue weighted by Crippen LogP contribution is 2.37. The first kappa shape index (κ1) is 26.7. The monoisotopic (exact) mass is 538 g/mol. The van der Waals surface area contributed by atoms with E-state index in [-0.39, 0.29) is 24.1 Å². The lowest BCUT2D eigenvalue weighted by atomic mass is 9.96. The van der Waals surface area contributed by atoms with E-state index < -0.39 is 6.10 Å². The van der Waals surface area contributed by atoms with Crippen LogP contribution in [0.25, 0.3) is 0 Å². The van der Waals surface area contributed by atoms with Crippen LogP contribution in [0.15, 0.2) is 29.4 Å². The number of fused-ring (bicyclic) bond motifs is 1. The van der Waals surface area contributed by atoms with E-state index in [1.165, 1.54) is 33.5 Å². The molecule has 0 unspecified atom stereocenters. The molecule has 2 heterocycles. The van der Waals surface area contributed by atoms with Crippen LogP contribution in [0.1, 0.15) is 54.1 Å². The van der Waals surface area contributed by atoms with E-state index in [1.807, 2.05) is 24.3 Å². The number of amides is 2. The van der Waals surface area contributed by atoms with Crippen molar-refractivity contribution < 1.29 is 14.3 Å². The van der Waals surface area contributed by atoms with E-state index in [0.29, 0.717) is 27.3 Å². The number of hydrogen-bond donors (Lipinski definition) is 2. The number of ether oxygens (including phenoxy) is 1. The van der Waals surface area contributed by atoms with Crippen LogP contribution in [0.3, 0.4) is 0 Å². The summed E-state index contributed by atoms with van der Waals surface area (Å²) in [5.74, 6) is 0.875. The molecule has 0 fully saturated rings. The Hall–Kier alpha value is -3.36. The number of carbonyl (C=O) groups is 2. The molecule has 0 spiro atoms. The molecule has 1 atom stereocenters. The van der Waals surface area contributed by atoms with Crippen LogP contribution in [-0.2, 0) is 42.4 Å². The summed E-state index contributed by atoms with van der Waals surface area (Å²) in [4.78, 5) is 26.3. The molecule has 4 rings (SSSR count). The molecular formula is C26H30N6O3S2. The fourth-order valence-corrected chi connectivity index (χ4v) is 6.05. The van der Waals surface area contributed by atoms with Crippen LogP contribution < -0.4 is 15.4 Å². The normalized spacial score (nSPS) is 13.4. The Morgan fingerprint density at radius 3 is 2.73 bits per heavy atom. The van der Waals surface area contributed by atoms with Crippen molar-refractivity contribution in [1.82, 2.24) is 20.1 Å². The molecule has 2 aromatic heterocycles. The van der Waals surface area contributed by atoms with E-state index in [2.05, 4.69) is 33.8 Å². The van der Waals surface area contributed by atoms with E-state index in [0.717, 1.165) is 37.7 Å². The average Bonchev–Trinajstić information content (AvgIpc) is 3.44. The summed E-state index contributed by atoms with van der Waals surface area (Å²) >= 11 is 2.76. The maximum absolute atomic E-state index is 12.6. The largest absolute Gasteiger partial charge is 0.481 e. The molecule has 1 aromatic carbocycles. The zero-order valence-corrected chi connectivity index (χ0v) is 22.8. The Morgan fingerprint density at radius 1 is 1.24 bits per heavy atom. The summed E-state index contributed by atoms with van der Waals surface area (Å²) in [5, 5.41) is 24.8. The van der Waals surface area contributed by atoms with Gasteiger partial charge < -0.3 is 19.9 Å². The number of nitrogens with one attached hydrogen (secondary N) is 2. The molecule has 194 valence electrons. The van der Waals surface area contributed by atoms with E-state index in [1.54, 1.807) is 18.5 Å². The first-order valence-electron chi connectivity index (χ1n) is 12.3. The van der Waals surface area contributed by atoms with Gasteiger partial charge in [0.05, 0.1) is 17.9 Å². The topological polar surface area (TPSA) is 122 Å². The molecule has 3 aromatic rings. The van der Waals surface area contributed by atoms with Crippen LogP contribution >= 0.6 is 23.1 Å². The third kappa shape index (κ3) is 6.50. The van der Waals surface area contributed by atoms with Gasteiger partial charge in [-0.25, -0.2) is 0 Å². The summed E-state index contributed by atoms with van der Waals surface area (Å²) in [5.41, 5.74) is 2.90. The SMILES string of the molecule is CCc1ccc(O[C@H](C)C(=O)NCc2nnc(SCC(=O)Nc3sc4c(c3C#N)CCCC4)n2C)cc1. The molecule has 0 radical (unpaired) electrons. The highest BCUT2D eigenvalue weighted by atomic mass is 32.2. The standard InChI is InChI=1S/C26H30N6O3S2/c1-4-17-9-11-18(12-10-17)35-16(2)24(34)28-14-22-30-31-26(32(22)3)36-15-23(33)29-25-20(13-27)19-7-5-6-8-21(19)37-25/h9-12,16H,4-8,14-15H2,1-3H3,(H,28,34)(H,29,33)/t16-/m1/s1. The first-order chi connectivity index (χ1) is 17.9. The molecule has 9 nitrogen and oxygen atoms in total. The molecule has 0 saturated heterocycles. The van der Waals surface area contributed by atoms with Crippen molar-refractivity contribution in [3.8, 4) is 11.8 Å². The van der Waals surface area contributed by atoms with Gasteiger partial charge in [0.15, 0.2) is 17.1 Å². The fourth-order valence-electron chi connectivity index (χ4n) is 4.06. The van der Waals surface area contributed by atoms with Crippen molar-refractivity contribution in [3.05, 3.63) is 51.7 Å². The number of rotatable bonds is 10. The van der Waals surface area contributed by atoms with Crippen molar-refractivity contribution >= 4 is 39.9 Å². The number of thioether (sulfide) groups is 1. The zero-order chi connectivity index (χ0) is 26.4. The number of nitriles is 1. The second-order valence-electron chi connectivity index (χ2n) is 8.80. The number of aryl methyl sites for hydroxylation is 2. The van der Waals surface area contributed by atoms with Crippen LogP contribution in [0.4, 0.5) is 5.00 Å². The molecule has 0 aliphatic heterocycles. The van der Waals surface area contributed by atoms with Crippen LogP contribution in [0.5, 0.6) is 5.75 Å². The molecule has 11 heteroatoms. The predicted octanol–water partition coefficient (Wildman–Crippen LogP) is 4.00. The molecular weight excluding hydrogens is 508 g/mol. The number of thiophene rings is 1. The minimum atomic E-state index is -0.667. The minimum Gasteiger partial charge on any atom is -0.481 e. The predicted molar refractivity (Wildman–Crippen MR) is 144 cm³/mol. The van der Waals surface area contributed by atoms with Gasteiger partial charge in [-0.15, -0.1) is 21.5 Å². The highest BCUT2D eigenvalue weighted by molar-refractivity contribution is 7.99. The third-order valence-electron chi connectivity index (χ3n) is 6.23. The molecule has 2 amide bonds. The highest BCUT2D eigenvalue weighted by Gasteiger charge is 2.22. The smallest absolute Gasteiger partial charge is 0.261 e. The molecule has 0 bridgehead atoms. The van der Waals surface area contributed by atoms with Gasteiger partial charge in [-0.2, -0.15) is 5.26 Å². The Kier molecular flexibility index (Phi) is 8.84. The van der Waals surface area contributed by atoms with Gasteiger partial charge in [-0.3, -0.25) is 9.59 Å². The quantitative estimate of drug-likeness (QED) is 0.374. The Morgan fingerprint density at radius 2 is 2.00 bits per heavy atom. The van der Waals surface area contributed by atoms with Crippen molar-refractivity contribution in [1.29, 1.82) is 5.26 Å². The number of benzene rings is 1. The van der Waals surface area contributed by atoms with Crippen molar-refractivity contribution in [3.63, 3.8) is 0 Å². The van der Waals surface area contributed by atoms with Gasteiger partial charge in [0.25, 0.3) is 5.91 Å². The summed E-state index contributed by atoms with van der Waals surface area (Å²) in [7, 11) is 1.79. The number of nitrogens with zero attached hydrogens (tertiary/aromatic N) is 4. The molecule has 37 heavy (non-hydrogen) atoms. The van der Waals surface area contributed by atoms with Gasteiger partial charge in [-0.1, -0.05) is 30.8 Å². The number of anilines is 1. The lowest BCUT2D eigenvalue weighted by Crippen LogP contribution is -2.36. The van der Waals surface area contributed by atoms with E-state index in [9.17, 15) is 14.9 Å². The van der Waals surface area contributed by atoms with Gasteiger partial charge >= 0.3 is 0 Å². The average molecular weight is 539 g/mol. The maximum Gasteiger partial charge on any atom is 0.261 e. The maximum atomic E-state index is 12.6. The van der Waals surface area contributed by atoms with Crippen molar-refractivity contribution in [2.45, 2.75) is 63.8 Å². The minimum absolute atomic E-state index is 0.132. The zero-order valence-electron chi connectivity index (χ0n) is 21.2. The van der Waals surface area contributed by atoms with Gasteiger partial charge in [0.2, 0.25) is 5.91 Å². The number of carbonyl (C=O) groups excluding carboxylic acids is 2.